The number of halogens is 2. The van der Waals surface area contributed by atoms with Crippen molar-refractivity contribution in [1.82, 2.24) is 9.88 Å². The van der Waals surface area contributed by atoms with E-state index in [1.54, 1.807) is 30.3 Å². The Labute approximate surface area is 197 Å². The molecule has 1 saturated carbocycles. The van der Waals surface area contributed by atoms with Gasteiger partial charge in [0.2, 0.25) is 0 Å². The van der Waals surface area contributed by atoms with Gasteiger partial charge in [-0.1, -0.05) is 18.2 Å². The minimum absolute atomic E-state index is 0.00601. The van der Waals surface area contributed by atoms with Gasteiger partial charge in [0.25, 0.3) is 11.5 Å². The number of carbonyl (C=O) groups is 1. The molecule has 0 radical (unpaired) electrons. The molecule has 2 aromatic heterocycles. The Morgan fingerprint density at radius 2 is 1.85 bits per heavy atom. The van der Waals surface area contributed by atoms with E-state index in [9.17, 15) is 23.5 Å². The first-order valence-electron chi connectivity index (χ1n) is 10.9. The second kappa shape index (κ2) is 9.00. The summed E-state index contributed by atoms with van der Waals surface area (Å²) >= 11 is 1.09. The van der Waals surface area contributed by atoms with Gasteiger partial charge in [-0.15, -0.1) is 11.3 Å². The molecule has 5 rings (SSSR count). The molecule has 2 aromatic carbocycles. The van der Waals surface area contributed by atoms with E-state index >= 15 is 0 Å². The number of benzene rings is 2. The molecular weight excluding hydrogens is 460 g/mol. The van der Waals surface area contributed by atoms with Crippen molar-refractivity contribution in [3.8, 4) is 5.69 Å². The number of pyridine rings is 1. The maximum absolute atomic E-state index is 14.5. The van der Waals surface area contributed by atoms with Crippen LogP contribution in [0.4, 0.5) is 20.2 Å². The van der Waals surface area contributed by atoms with E-state index in [1.165, 1.54) is 16.7 Å². The number of nitrogens with zero attached hydrogens (tertiary/aromatic N) is 1. The zero-order valence-corrected chi connectivity index (χ0v) is 18.7. The Bertz CT molecular complexity index is 1430. The third kappa shape index (κ3) is 4.08. The van der Waals surface area contributed by atoms with Crippen molar-refractivity contribution in [2.75, 3.05) is 5.32 Å². The van der Waals surface area contributed by atoms with Crippen LogP contribution in [-0.2, 0) is 0 Å². The Balaban J connectivity index is 1.67. The summed E-state index contributed by atoms with van der Waals surface area (Å²) in [6.07, 6.45) is 1.43. The normalized spacial score (nSPS) is 17.7. The molecule has 1 aliphatic carbocycles. The van der Waals surface area contributed by atoms with E-state index < -0.39 is 23.6 Å². The first kappa shape index (κ1) is 22.2. The number of para-hydroxylation sites is 1. The van der Waals surface area contributed by atoms with Crippen molar-refractivity contribution in [2.24, 2.45) is 0 Å². The highest BCUT2D eigenvalue weighted by Crippen LogP contribution is 2.38. The van der Waals surface area contributed by atoms with E-state index in [4.69, 9.17) is 0 Å². The molecule has 4 aromatic rings. The number of fused-ring (bicyclic) bond motifs is 1. The van der Waals surface area contributed by atoms with E-state index in [-0.39, 0.29) is 22.2 Å². The van der Waals surface area contributed by atoms with Gasteiger partial charge in [0.15, 0.2) is 0 Å². The van der Waals surface area contributed by atoms with Crippen molar-refractivity contribution in [2.45, 2.75) is 31.4 Å². The van der Waals surface area contributed by atoms with Gasteiger partial charge < -0.3 is 15.7 Å². The van der Waals surface area contributed by atoms with Gasteiger partial charge in [0.1, 0.15) is 21.3 Å². The highest BCUT2D eigenvalue weighted by atomic mass is 32.1. The molecule has 2 atom stereocenters. The monoisotopic (exact) mass is 481 g/mol. The van der Waals surface area contributed by atoms with Crippen LogP contribution < -0.4 is 16.2 Å². The summed E-state index contributed by atoms with van der Waals surface area (Å²) < 4.78 is 29.4. The Morgan fingerprint density at radius 1 is 1.06 bits per heavy atom. The van der Waals surface area contributed by atoms with Crippen molar-refractivity contribution >= 4 is 38.8 Å². The molecule has 0 unspecified atom stereocenters. The molecule has 174 valence electrons. The van der Waals surface area contributed by atoms with E-state index in [1.807, 2.05) is 6.07 Å². The third-order valence-electron chi connectivity index (χ3n) is 5.95. The fraction of sp³-hybridized carbons (Fsp3) is 0.200. The number of anilines is 2. The van der Waals surface area contributed by atoms with Crippen LogP contribution in [0.2, 0.25) is 0 Å². The number of aliphatic hydroxyl groups is 1. The fourth-order valence-electron chi connectivity index (χ4n) is 4.26. The van der Waals surface area contributed by atoms with Crippen molar-refractivity contribution < 1.29 is 18.7 Å². The molecular formula is C25H21F2N3O3S. The van der Waals surface area contributed by atoms with Crippen molar-refractivity contribution in [3.63, 3.8) is 0 Å². The summed E-state index contributed by atoms with van der Waals surface area (Å²) in [6.45, 7) is 0. The number of rotatable bonds is 5. The highest BCUT2D eigenvalue weighted by Gasteiger charge is 2.29. The molecule has 0 aliphatic heterocycles. The number of aliphatic hydroxyl groups excluding tert-OH is 1. The SMILES string of the molecule is O=C(N[C@@H]1CCC[C@@H]1O)c1sc2c(ccc(=O)n2-c2ccccc2)c1Nc1ccc(F)cc1F. The second-order valence-corrected chi connectivity index (χ2v) is 9.19. The van der Waals surface area contributed by atoms with Gasteiger partial charge in [0, 0.05) is 17.5 Å². The average molecular weight is 482 g/mol. The summed E-state index contributed by atoms with van der Waals surface area (Å²) in [4.78, 5) is 26.8. The molecule has 1 amide bonds. The Kier molecular flexibility index (Phi) is 5.89. The summed E-state index contributed by atoms with van der Waals surface area (Å²) in [6, 6.07) is 14.7. The predicted molar refractivity (Wildman–Crippen MR) is 128 cm³/mol. The highest BCUT2D eigenvalue weighted by molar-refractivity contribution is 7.21. The second-order valence-electron chi connectivity index (χ2n) is 8.19. The number of hydrogen-bond acceptors (Lipinski definition) is 5. The Hall–Kier alpha value is -3.56. The maximum atomic E-state index is 14.5. The number of hydrogen-bond donors (Lipinski definition) is 3. The molecule has 3 N–H and O–H groups in total. The lowest BCUT2D eigenvalue weighted by Gasteiger charge is -2.16. The van der Waals surface area contributed by atoms with Crippen LogP contribution in [0.5, 0.6) is 0 Å². The van der Waals surface area contributed by atoms with Gasteiger partial charge in [-0.25, -0.2) is 8.78 Å². The average Bonchev–Trinajstić information content (AvgIpc) is 3.39. The number of aromatic nitrogens is 1. The molecule has 6 nitrogen and oxygen atoms in total. The maximum Gasteiger partial charge on any atom is 0.263 e. The summed E-state index contributed by atoms with van der Waals surface area (Å²) in [7, 11) is 0. The zero-order valence-electron chi connectivity index (χ0n) is 17.9. The third-order valence-corrected chi connectivity index (χ3v) is 7.14. The number of carbonyl (C=O) groups excluding carboxylic acids is 1. The summed E-state index contributed by atoms with van der Waals surface area (Å²) in [5.74, 6) is -1.97. The van der Waals surface area contributed by atoms with Crippen LogP contribution in [0.1, 0.15) is 28.9 Å². The number of nitrogens with one attached hydrogen (secondary N) is 2. The minimum atomic E-state index is -0.812. The molecule has 1 aliphatic rings. The molecule has 9 heteroatoms. The van der Waals surface area contributed by atoms with Gasteiger partial charge in [0.05, 0.1) is 29.2 Å². The van der Waals surface area contributed by atoms with Crippen LogP contribution in [-0.4, -0.2) is 27.7 Å². The van der Waals surface area contributed by atoms with Crippen molar-refractivity contribution in [1.29, 1.82) is 0 Å². The first-order chi connectivity index (χ1) is 16.4. The van der Waals surface area contributed by atoms with Crippen LogP contribution in [0.25, 0.3) is 15.9 Å². The van der Waals surface area contributed by atoms with Gasteiger partial charge in [-0.2, -0.15) is 0 Å². The molecule has 2 heterocycles. The van der Waals surface area contributed by atoms with Crippen LogP contribution in [0.15, 0.2) is 65.5 Å². The van der Waals surface area contributed by atoms with E-state index in [0.29, 0.717) is 34.4 Å². The fourth-order valence-corrected chi connectivity index (χ4v) is 5.43. The first-order valence-corrected chi connectivity index (χ1v) is 11.7. The smallest absolute Gasteiger partial charge is 0.263 e. The van der Waals surface area contributed by atoms with Crippen LogP contribution in [0.3, 0.4) is 0 Å². The predicted octanol–water partition coefficient (Wildman–Crippen LogP) is 4.72. The lowest BCUT2D eigenvalue weighted by molar-refractivity contribution is 0.0878. The van der Waals surface area contributed by atoms with Crippen LogP contribution >= 0.6 is 11.3 Å². The van der Waals surface area contributed by atoms with Gasteiger partial charge >= 0.3 is 0 Å². The number of amides is 1. The van der Waals surface area contributed by atoms with E-state index in [0.717, 1.165) is 29.9 Å². The zero-order chi connectivity index (χ0) is 23.8. The molecule has 1 fully saturated rings. The quantitative estimate of drug-likeness (QED) is 0.385. The largest absolute Gasteiger partial charge is 0.391 e. The molecule has 0 saturated heterocycles. The standard InChI is InChI=1S/C25H21F2N3O3S/c26-14-9-11-18(17(27)13-14)28-22-16-10-12-21(32)30(15-5-2-1-3-6-15)25(16)34-23(22)24(33)29-19-7-4-8-20(19)31/h1-3,5-6,9-13,19-20,28,31H,4,7-8H2,(H,29,33)/t19-,20+/m1/s1. The van der Waals surface area contributed by atoms with E-state index in [2.05, 4.69) is 10.6 Å². The summed E-state index contributed by atoms with van der Waals surface area (Å²) in [5, 5.41) is 16.5. The minimum Gasteiger partial charge on any atom is -0.391 e. The topological polar surface area (TPSA) is 83.4 Å². The number of thiophene rings is 1. The Morgan fingerprint density at radius 3 is 2.56 bits per heavy atom. The lowest BCUT2D eigenvalue weighted by Crippen LogP contribution is -2.39. The van der Waals surface area contributed by atoms with Gasteiger partial charge in [-0.3, -0.25) is 14.2 Å². The van der Waals surface area contributed by atoms with Gasteiger partial charge in [-0.05, 0) is 49.6 Å². The molecule has 34 heavy (non-hydrogen) atoms. The molecule has 0 spiro atoms. The van der Waals surface area contributed by atoms with Crippen molar-refractivity contribution in [3.05, 3.63) is 87.5 Å². The summed E-state index contributed by atoms with van der Waals surface area (Å²) in [5.41, 5.74) is 0.642. The van der Waals surface area contributed by atoms with Crippen LogP contribution in [0, 0.1) is 11.6 Å². The lowest BCUT2D eigenvalue weighted by atomic mass is 10.2. The molecule has 0 bridgehead atoms.